The van der Waals surface area contributed by atoms with Gasteiger partial charge in [-0.15, -0.1) is 0 Å². The first kappa shape index (κ1) is 15.3. The Morgan fingerprint density at radius 1 is 1.18 bits per heavy atom. The van der Waals surface area contributed by atoms with Crippen LogP contribution in [0.15, 0.2) is 42.6 Å². The topological polar surface area (TPSA) is 114 Å². The minimum absolute atomic E-state index is 0.269. The van der Waals surface area contributed by atoms with Gasteiger partial charge in [0.2, 0.25) is 5.91 Å². The van der Waals surface area contributed by atoms with Crippen molar-refractivity contribution >= 4 is 23.5 Å². The van der Waals surface area contributed by atoms with Crippen molar-refractivity contribution in [1.82, 2.24) is 4.98 Å². The van der Waals surface area contributed by atoms with E-state index in [0.29, 0.717) is 11.3 Å². The van der Waals surface area contributed by atoms with Crippen LogP contribution in [-0.2, 0) is 9.53 Å². The maximum atomic E-state index is 11.9. The van der Waals surface area contributed by atoms with Crippen LogP contribution in [0.1, 0.15) is 27.8 Å². The third-order valence-electron chi connectivity index (χ3n) is 2.91. The number of nitrogens with two attached hydrogens (primary N) is 1. The molecule has 0 saturated carbocycles. The molecule has 7 heteroatoms. The van der Waals surface area contributed by atoms with E-state index in [0.717, 1.165) is 0 Å². The molecular formula is C15H15N3O4. The Hall–Kier alpha value is -3.09. The molecule has 0 radical (unpaired) electrons. The van der Waals surface area contributed by atoms with E-state index in [2.05, 4.69) is 10.3 Å². The number of anilines is 1. The number of ether oxygens (including phenoxy) is 1. The van der Waals surface area contributed by atoms with E-state index in [1.165, 1.54) is 31.2 Å². The highest BCUT2D eigenvalue weighted by atomic mass is 16.5. The van der Waals surface area contributed by atoms with Crippen molar-refractivity contribution < 1.29 is 19.1 Å². The summed E-state index contributed by atoms with van der Waals surface area (Å²) in [6.45, 7) is 1.47. The molecule has 2 amide bonds. The molecule has 1 atom stereocenters. The van der Waals surface area contributed by atoms with Gasteiger partial charge in [0.25, 0.3) is 5.91 Å². The van der Waals surface area contributed by atoms with E-state index >= 15 is 0 Å². The maximum absolute atomic E-state index is 11.9. The van der Waals surface area contributed by atoms with Crippen molar-refractivity contribution in [2.45, 2.75) is 13.0 Å². The zero-order valence-corrected chi connectivity index (χ0v) is 11.8. The first-order chi connectivity index (χ1) is 10.5. The van der Waals surface area contributed by atoms with Gasteiger partial charge in [0.05, 0.1) is 0 Å². The number of rotatable bonds is 5. The number of aromatic amines is 1. The van der Waals surface area contributed by atoms with E-state index in [4.69, 9.17) is 10.5 Å². The Kier molecular flexibility index (Phi) is 4.57. The SMILES string of the molecule is C[C@H](OC(=O)c1ccc[nH]1)C(=O)Nc1ccc(C(N)=O)cc1. The van der Waals surface area contributed by atoms with E-state index in [-0.39, 0.29) is 5.69 Å². The van der Waals surface area contributed by atoms with Crippen LogP contribution >= 0.6 is 0 Å². The van der Waals surface area contributed by atoms with Crippen molar-refractivity contribution in [2.75, 3.05) is 5.32 Å². The number of H-pyrrole nitrogens is 1. The van der Waals surface area contributed by atoms with Crippen LogP contribution in [0.4, 0.5) is 5.69 Å². The summed E-state index contributed by atoms with van der Waals surface area (Å²) in [5.74, 6) is -1.64. The first-order valence-corrected chi connectivity index (χ1v) is 6.52. The van der Waals surface area contributed by atoms with Crippen molar-refractivity contribution in [3.05, 3.63) is 53.9 Å². The Bertz CT molecular complexity index is 677. The molecule has 4 N–H and O–H groups in total. The van der Waals surface area contributed by atoms with Gasteiger partial charge in [-0.05, 0) is 43.3 Å². The lowest BCUT2D eigenvalue weighted by Gasteiger charge is -2.13. The molecule has 0 spiro atoms. The largest absolute Gasteiger partial charge is 0.448 e. The van der Waals surface area contributed by atoms with Crippen LogP contribution in [0.3, 0.4) is 0 Å². The summed E-state index contributed by atoms with van der Waals surface area (Å²) < 4.78 is 5.03. The minimum atomic E-state index is -0.966. The molecule has 2 aromatic rings. The van der Waals surface area contributed by atoms with Gasteiger partial charge < -0.3 is 20.8 Å². The van der Waals surface area contributed by atoms with Gasteiger partial charge in [0, 0.05) is 17.4 Å². The number of hydrogen-bond acceptors (Lipinski definition) is 4. The van der Waals surface area contributed by atoms with Gasteiger partial charge in [-0.1, -0.05) is 0 Å². The van der Waals surface area contributed by atoms with Gasteiger partial charge in [-0.25, -0.2) is 4.79 Å². The summed E-state index contributed by atoms with van der Waals surface area (Å²) in [5.41, 5.74) is 6.20. The van der Waals surface area contributed by atoms with Crippen LogP contribution < -0.4 is 11.1 Å². The predicted molar refractivity (Wildman–Crippen MR) is 79.3 cm³/mol. The number of hydrogen-bond donors (Lipinski definition) is 3. The van der Waals surface area contributed by atoms with Crippen molar-refractivity contribution in [3.8, 4) is 0 Å². The molecule has 0 aliphatic heterocycles. The Labute approximate surface area is 126 Å². The molecular weight excluding hydrogens is 286 g/mol. The number of primary amides is 1. The zero-order valence-electron chi connectivity index (χ0n) is 11.8. The molecule has 0 aliphatic carbocycles. The number of esters is 1. The van der Waals surface area contributed by atoms with E-state index in [1.807, 2.05) is 0 Å². The Morgan fingerprint density at radius 2 is 1.86 bits per heavy atom. The number of benzene rings is 1. The Balaban J connectivity index is 1.93. The second kappa shape index (κ2) is 6.57. The van der Waals surface area contributed by atoms with Crippen molar-refractivity contribution in [3.63, 3.8) is 0 Å². The predicted octanol–water partition coefficient (Wildman–Crippen LogP) is 1.30. The lowest BCUT2D eigenvalue weighted by molar-refractivity contribution is -0.123. The molecule has 0 aliphatic rings. The fraction of sp³-hybridized carbons (Fsp3) is 0.133. The number of nitrogens with one attached hydrogen (secondary N) is 2. The summed E-state index contributed by atoms with van der Waals surface area (Å²) in [6, 6.07) is 9.27. The number of aromatic nitrogens is 1. The highest BCUT2D eigenvalue weighted by Crippen LogP contribution is 2.10. The lowest BCUT2D eigenvalue weighted by atomic mass is 10.2. The first-order valence-electron chi connectivity index (χ1n) is 6.52. The average Bonchev–Trinajstić information content (AvgIpc) is 3.02. The smallest absolute Gasteiger partial charge is 0.355 e. The molecule has 0 saturated heterocycles. The standard InChI is InChI=1S/C15H15N3O4/c1-9(22-15(21)12-3-2-8-17-12)14(20)18-11-6-4-10(5-7-11)13(16)19/h2-9,17H,1H3,(H2,16,19)(H,18,20)/t9-/m0/s1. The van der Waals surface area contributed by atoms with Gasteiger partial charge in [-0.3, -0.25) is 9.59 Å². The summed E-state index contributed by atoms with van der Waals surface area (Å²) in [7, 11) is 0. The fourth-order valence-electron chi connectivity index (χ4n) is 1.70. The zero-order chi connectivity index (χ0) is 16.1. The maximum Gasteiger partial charge on any atom is 0.355 e. The summed E-state index contributed by atoms with van der Waals surface area (Å²) in [4.78, 5) is 37.3. The highest BCUT2D eigenvalue weighted by Gasteiger charge is 2.19. The summed E-state index contributed by atoms with van der Waals surface area (Å²) in [6.07, 6.45) is 0.619. The molecule has 22 heavy (non-hydrogen) atoms. The third-order valence-corrected chi connectivity index (χ3v) is 2.91. The molecule has 114 valence electrons. The van der Waals surface area contributed by atoms with Gasteiger partial charge in [-0.2, -0.15) is 0 Å². The van der Waals surface area contributed by atoms with Crippen molar-refractivity contribution in [2.24, 2.45) is 5.73 Å². The van der Waals surface area contributed by atoms with Crippen LogP contribution in [0.25, 0.3) is 0 Å². The molecule has 7 nitrogen and oxygen atoms in total. The van der Waals surface area contributed by atoms with Crippen LogP contribution in [0, 0.1) is 0 Å². The number of amides is 2. The van der Waals surface area contributed by atoms with Gasteiger partial charge in [0.1, 0.15) is 5.69 Å². The molecule has 0 bridgehead atoms. The van der Waals surface area contributed by atoms with Gasteiger partial charge in [0.15, 0.2) is 6.10 Å². The van der Waals surface area contributed by atoms with Crippen LogP contribution in [-0.4, -0.2) is 28.9 Å². The van der Waals surface area contributed by atoms with E-state index < -0.39 is 23.9 Å². The molecule has 1 aromatic heterocycles. The van der Waals surface area contributed by atoms with E-state index in [1.54, 1.807) is 18.3 Å². The third kappa shape index (κ3) is 3.72. The summed E-state index contributed by atoms with van der Waals surface area (Å²) in [5, 5.41) is 2.58. The molecule has 0 fully saturated rings. The second-order valence-electron chi connectivity index (χ2n) is 4.56. The summed E-state index contributed by atoms with van der Waals surface area (Å²) >= 11 is 0. The monoisotopic (exact) mass is 301 g/mol. The minimum Gasteiger partial charge on any atom is -0.448 e. The lowest BCUT2D eigenvalue weighted by Crippen LogP contribution is -2.30. The molecule has 0 unspecified atom stereocenters. The van der Waals surface area contributed by atoms with E-state index in [9.17, 15) is 14.4 Å². The number of carbonyl (C=O) groups excluding carboxylic acids is 3. The van der Waals surface area contributed by atoms with Crippen molar-refractivity contribution in [1.29, 1.82) is 0 Å². The second-order valence-corrected chi connectivity index (χ2v) is 4.56. The van der Waals surface area contributed by atoms with Crippen LogP contribution in [0.2, 0.25) is 0 Å². The Morgan fingerprint density at radius 3 is 2.41 bits per heavy atom. The quantitative estimate of drug-likeness (QED) is 0.722. The normalized spacial score (nSPS) is 11.5. The average molecular weight is 301 g/mol. The highest BCUT2D eigenvalue weighted by molar-refractivity contribution is 5.97. The van der Waals surface area contributed by atoms with Crippen LogP contribution in [0.5, 0.6) is 0 Å². The molecule has 1 aromatic carbocycles. The van der Waals surface area contributed by atoms with Gasteiger partial charge >= 0.3 is 5.97 Å². The molecule has 1 heterocycles. The number of carbonyl (C=O) groups is 3. The fourth-order valence-corrected chi connectivity index (χ4v) is 1.70. The molecule has 2 rings (SSSR count).